The lowest BCUT2D eigenvalue weighted by Crippen LogP contribution is -2.39. The second kappa shape index (κ2) is 11.6. The lowest BCUT2D eigenvalue weighted by Gasteiger charge is -2.22. The van der Waals surface area contributed by atoms with Crippen LogP contribution in [0.1, 0.15) is 20.8 Å². The summed E-state index contributed by atoms with van der Waals surface area (Å²) in [6.07, 6.45) is 0.960. The van der Waals surface area contributed by atoms with Crippen LogP contribution >= 0.6 is 0 Å². The number of anilines is 1. The molecule has 1 heterocycles. The Bertz CT molecular complexity index is 513. The van der Waals surface area contributed by atoms with Gasteiger partial charge in [-0.1, -0.05) is 0 Å². The van der Waals surface area contributed by atoms with Crippen LogP contribution in [-0.2, 0) is 9.47 Å². The number of pyridine rings is 1. The molecule has 1 aromatic rings. The highest BCUT2D eigenvalue weighted by Gasteiger charge is 2.16. The normalized spacial score (nSPS) is 12.1. The van der Waals surface area contributed by atoms with Crippen molar-refractivity contribution in [2.45, 2.75) is 33.0 Å². The Morgan fingerprint density at radius 1 is 1.40 bits per heavy atom. The number of aromatic nitrogens is 1. The molecule has 0 aliphatic carbocycles. The van der Waals surface area contributed by atoms with Gasteiger partial charge in [0.05, 0.1) is 45.2 Å². The van der Waals surface area contributed by atoms with E-state index in [0.717, 1.165) is 0 Å². The molecule has 0 saturated heterocycles. The minimum atomic E-state index is -0.782. The summed E-state index contributed by atoms with van der Waals surface area (Å²) >= 11 is 0. The third-order valence-electron chi connectivity index (χ3n) is 3.11. The average molecular weight is 355 g/mol. The summed E-state index contributed by atoms with van der Waals surface area (Å²) in [5.41, 5.74) is 0.484. The van der Waals surface area contributed by atoms with E-state index in [4.69, 9.17) is 14.2 Å². The van der Waals surface area contributed by atoms with Gasteiger partial charge in [-0.05, 0) is 32.9 Å². The van der Waals surface area contributed by atoms with Crippen LogP contribution in [0.4, 0.5) is 10.5 Å². The number of hydrogen-bond acceptors (Lipinski definition) is 6. The molecular weight excluding hydrogens is 326 g/mol. The average Bonchev–Trinajstić information content (AvgIpc) is 2.56. The number of hydrogen-bond donors (Lipinski definition) is 2. The van der Waals surface area contributed by atoms with Crippen molar-refractivity contribution >= 4 is 11.7 Å². The fraction of sp³-hybridized carbons (Fsp3) is 0.647. The molecule has 25 heavy (non-hydrogen) atoms. The Kier molecular flexibility index (Phi) is 9.83. The second-order valence-corrected chi connectivity index (χ2v) is 5.75. The summed E-state index contributed by atoms with van der Waals surface area (Å²) in [4.78, 5) is 17.7. The van der Waals surface area contributed by atoms with Gasteiger partial charge in [0.1, 0.15) is 5.69 Å². The molecule has 0 radical (unpaired) electrons. The zero-order valence-corrected chi connectivity index (χ0v) is 15.4. The summed E-state index contributed by atoms with van der Waals surface area (Å²) in [7, 11) is 1.59. The van der Waals surface area contributed by atoms with Crippen molar-refractivity contribution in [1.29, 1.82) is 0 Å². The number of amides is 2. The van der Waals surface area contributed by atoms with E-state index >= 15 is 0 Å². The maximum Gasteiger partial charge on any atom is 0.321 e. The highest BCUT2D eigenvalue weighted by Crippen LogP contribution is 2.20. The van der Waals surface area contributed by atoms with Gasteiger partial charge in [-0.2, -0.15) is 0 Å². The molecule has 0 unspecified atom stereocenters. The summed E-state index contributed by atoms with van der Waals surface area (Å²) in [5, 5.41) is 12.7. The van der Waals surface area contributed by atoms with E-state index in [1.807, 2.05) is 20.8 Å². The minimum absolute atomic E-state index is 0.135. The monoisotopic (exact) mass is 355 g/mol. The number of aliphatic hydroxyl groups excluding tert-OH is 1. The number of carbonyl (C=O) groups is 1. The minimum Gasteiger partial charge on any atom is -0.476 e. The van der Waals surface area contributed by atoms with Crippen LogP contribution in [-0.4, -0.2) is 73.2 Å². The van der Waals surface area contributed by atoms with Crippen LogP contribution in [0.3, 0.4) is 0 Å². The van der Waals surface area contributed by atoms with Crippen molar-refractivity contribution < 1.29 is 24.1 Å². The first-order valence-electron chi connectivity index (χ1n) is 8.41. The summed E-state index contributed by atoms with van der Waals surface area (Å²) in [6.45, 7) is 7.34. The molecular formula is C17H29N3O5. The molecule has 1 atom stereocenters. The summed E-state index contributed by atoms with van der Waals surface area (Å²) in [6, 6.07) is 3.05. The molecule has 0 aliphatic heterocycles. The van der Waals surface area contributed by atoms with E-state index in [9.17, 15) is 9.90 Å². The van der Waals surface area contributed by atoms with Crippen molar-refractivity contribution in [3.05, 3.63) is 18.3 Å². The summed E-state index contributed by atoms with van der Waals surface area (Å²) in [5.74, 6) is 0.362. The first-order valence-corrected chi connectivity index (χ1v) is 8.41. The molecule has 0 bridgehead atoms. The topological polar surface area (TPSA) is 93.2 Å². The number of carbonyl (C=O) groups excluding carboxylic acids is 1. The number of ether oxygens (including phenoxy) is 3. The fourth-order valence-corrected chi connectivity index (χ4v) is 1.96. The number of likely N-dealkylation sites (N-methyl/N-ethyl adjacent to an activating group) is 1. The van der Waals surface area contributed by atoms with Crippen LogP contribution < -0.4 is 10.1 Å². The van der Waals surface area contributed by atoms with Crippen molar-refractivity contribution in [3.8, 4) is 5.88 Å². The van der Waals surface area contributed by atoms with E-state index in [2.05, 4.69) is 10.3 Å². The molecule has 8 nitrogen and oxygen atoms in total. The van der Waals surface area contributed by atoms with Crippen molar-refractivity contribution in [2.24, 2.45) is 0 Å². The number of nitrogens with one attached hydrogen (secondary N) is 1. The molecule has 2 N–H and O–H groups in total. The van der Waals surface area contributed by atoms with Gasteiger partial charge in [-0.25, -0.2) is 9.78 Å². The molecule has 8 heteroatoms. The second-order valence-electron chi connectivity index (χ2n) is 5.75. The number of aliphatic hydroxyl groups is 1. The molecule has 0 aliphatic rings. The fourth-order valence-electron chi connectivity index (χ4n) is 1.96. The zero-order chi connectivity index (χ0) is 18.7. The van der Waals surface area contributed by atoms with Crippen LogP contribution in [0.15, 0.2) is 18.3 Å². The molecule has 1 aromatic heterocycles. The van der Waals surface area contributed by atoms with Gasteiger partial charge in [0.25, 0.3) is 0 Å². The maximum atomic E-state index is 12.2. The lowest BCUT2D eigenvalue weighted by atomic mass is 10.3. The van der Waals surface area contributed by atoms with E-state index in [1.54, 1.807) is 25.4 Å². The Morgan fingerprint density at radius 3 is 2.84 bits per heavy atom. The third kappa shape index (κ3) is 8.67. The van der Waals surface area contributed by atoms with E-state index in [0.29, 0.717) is 31.4 Å². The summed E-state index contributed by atoms with van der Waals surface area (Å²) < 4.78 is 16.0. The van der Waals surface area contributed by atoms with Crippen molar-refractivity contribution in [1.82, 2.24) is 9.88 Å². The van der Waals surface area contributed by atoms with Crippen LogP contribution in [0.2, 0.25) is 0 Å². The quantitative estimate of drug-likeness (QED) is 0.588. The van der Waals surface area contributed by atoms with Crippen LogP contribution in [0, 0.1) is 0 Å². The predicted octanol–water partition coefficient (Wildman–Crippen LogP) is 1.75. The van der Waals surface area contributed by atoms with E-state index < -0.39 is 6.10 Å². The number of urea groups is 1. The van der Waals surface area contributed by atoms with E-state index in [-0.39, 0.29) is 25.3 Å². The Hall–Kier alpha value is -1.90. The van der Waals surface area contributed by atoms with Crippen molar-refractivity contribution in [2.75, 3.05) is 45.3 Å². The maximum absolute atomic E-state index is 12.2. The first kappa shape index (κ1) is 21.1. The number of rotatable bonds is 11. The highest BCUT2D eigenvalue weighted by molar-refractivity contribution is 5.90. The van der Waals surface area contributed by atoms with Crippen LogP contribution in [0.5, 0.6) is 5.88 Å². The molecule has 2 amide bonds. The third-order valence-corrected chi connectivity index (χ3v) is 3.11. The molecule has 0 aromatic carbocycles. The van der Waals surface area contributed by atoms with Gasteiger partial charge in [-0.3, -0.25) is 0 Å². The van der Waals surface area contributed by atoms with Crippen LogP contribution in [0.25, 0.3) is 0 Å². The first-order chi connectivity index (χ1) is 11.9. The largest absolute Gasteiger partial charge is 0.476 e. The zero-order valence-electron chi connectivity index (χ0n) is 15.4. The van der Waals surface area contributed by atoms with Gasteiger partial charge in [0.15, 0.2) is 0 Å². The lowest BCUT2D eigenvalue weighted by molar-refractivity contribution is -0.0144. The van der Waals surface area contributed by atoms with Gasteiger partial charge in [-0.15, -0.1) is 0 Å². The van der Waals surface area contributed by atoms with Gasteiger partial charge >= 0.3 is 6.03 Å². The number of nitrogens with zero attached hydrogens (tertiary/aromatic N) is 2. The smallest absolute Gasteiger partial charge is 0.321 e. The molecule has 0 spiro atoms. The van der Waals surface area contributed by atoms with Gasteiger partial charge < -0.3 is 29.5 Å². The standard InChI is InChI=1S/C17H29N3O5/c1-5-24-16-15(7-6-8-18-16)19-17(22)20(4)11-14(21)12-23-9-10-25-13(2)3/h6-8,13-14,21H,5,9-12H2,1-4H3,(H,19,22)/t14-/m1/s1. The molecule has 1 rings (SSSR count). The van der Waals surface area contributed by atoms with Gasteiger partial charge in [0.2, 0.25) is 5.88 Å². The highest BCUT2D eigenvalue weighted by atomic mass is 16.5. The van der Waals surface area contributed by atoms with E-state index in [1.165, 1.54) is 4.90 Å². The van der Waals surface area contributed by atoms with Gasteiger partial charge in [0, 0.05) is 13.2 Å². The predicted molar refractivity (Wildman–Crippen MR) is 95.0 cm³/mol. The Balaban J connectivity index is 2.36. The molecule has 0 fully saturated rings. The molecule has 142 valence electrons. The van der Waals surface area contributed by atoms with Crippen molar-refractivity contribution in [3.63, 3.8) is 0 Å². The SMILES string of the molecule is CCOc1ncccc1NC(=O)N(C)C[C@@H](O)COCCOC(C)C. The Morgan fingerprint density at radius 2 is 2.16 bits per heavy atom. The Labute approximate surface area is 149 Å². The molecule has 0 saturated carbocycles.